The van der Waals surface area contributed by atoms with E-state index < -0.39 is 12.0 Å². The molecule has 0 radical (unpaired) electrons. The molecule has 6 heteroatoms. The number of rotatable bonds is 3. The molecule has 0 spiro atoms. The lowest BCUT2D eigenvalue weighted by atomic mass is 9.94. The van der Waals surface area contributed by atoms with E-state index in [9.17, 15) is 9.59 Å². The van der Waals surface area contributed by atoms with Crippen LogP contribution < -0.4 is 0 Å². The van der Waals surface area contributed by atoms with Crippen molar-refractivity contribution in [3.05, 3.63) is 47.2 Å². The predicted octanol–water partition coefficient (Wildman–Crippen LogP) is 3.29. The standard InChI is InChI=1S/C18H20N2O3S/c1-10(2)23-17(22)14-11(3)19-18-20(16(21)12(4)24-18)15(14)13-8-6-5-7-9-13/h5-10,12,15H,1-4H3/t12-,15-/m0/s1. The third-order valence-electron chi connectivity index (χ3n) is 3.94. The van der Waals surface area contributed by atoms with Crippen molar-refractivity contribution in [3.63, 3.8) is 0 Å². The molecule has 2 aliphatic heterocycles. The van der Waals surface area contributed by atoms with Gasteiger partial charge in [0.05, 0.1) is 28.7 Å². The lowest BCUT2D eigenvalue weighted by Gasteiger charge is -2.33. The molecule has 1 saturated heterocycles. The number of allylic oxidation sites excluding steroid dienone is 1. The van der Waals surface area contributed by atoms with E-state index in [1.165, 1.54) is 11.8 Å². The molecule has 0 bridgehead atoms. The number of nitrogens with zero attached hydrogens (tertiary/aromatic N) is 2. The van der Waals surface area contributed by atoms with Crippen LogP contribution in [0.1, 0.15) is 39.3 Å². The second-order valence-electron chi connectivity index (χ2n) is 6.13. The smallest absolute Gasteiger partial charge is 0.338 e. The Balaban J connectivity index is 2.12. The number of hydrogen-bond donors (Lipinski definition) is 0. The molecule has 1 fully saturated rings. The van der Waals surface area contributed by atoms with Crippen LogP contribution in [0.4, 0.5) is 0 Å². The lowest BCUT2D eigenvalue weighted by Crippen LogP contribution is -2.40. The van der Waals surface area contributed by atoms with Crippen molar-refractivity contribution in [1.29, 1.82) is 0 Å². The van der Waals surface area contributed by atoms with E-state index in [4.69, 9.17) is 4.74 Å². The van der Waals surface area contributed by atoms with Crippen LogP contribution in [0.25, 0.3) is 0 Å². The predicted molar refractivity (Wildman–Crippen MR) is 94.4 cm³/mol. The van der Waals surface area contributed by atoms with Gasteiger partial charge in [0.15, 0.2) is 5.17 Å². The number of thioether (sulfide) groups is 1. The Morgan fingerprint density at radius 3 is 2.58 bits per heavy atom. The average molecular weight is 344 g/mol. The molecular weight excluding hydrogens is 324 g/mol. The maximum absolute atomic E-state index is 12.7. The highest BCUT2D eigenvalue weighted by molar-refractivity contribution is 8.15. The molecule has 0 aromatic heterocycles. The molecule has 1 amide bonds. The number of benzene rings is 1. The van der Waals surface area contributed by atoms with Gasteiger partial charge < -0.3 is 4.74 Å². The van der Waals surface area contributed by atoms with Gasteiger partial charge in [-0.1, -0.05) is 42.1 Å². The number of esters is 1. The number of amides is 1. The lowest BCUT2D eigenvalue weighted by molar-refractivity contribution is -0.143. The highest BCUT2D eigenvalue weighted by atomic mass is 32.2. The molecule has 0 unspecified atom stereocenters. The summed E-state index contributed by atoms with van der Waals surface area (Å²) in [5.74, 6) is -0.452. The molecule has 2 heterocycles. The maximum Gasteiger partial charge on any atom is 0.338 e. The van der Waals surface area contributed by atoms with Gasteiger partial charge in [-0.25, -0.2) is 9.79 Å². The molecule has 2 atom stereocenters. The van der Waals surface area contributed by atoms with Crippen LogP contribution in [-0.2, 0) is 14.3 Å². The first-order valence-electron chi connectivity index (χ1n) is 7.95. The highest BCUT2D eigenvalue weighted by Gasteiger charge is 2.46. The summed E-state index contributed by atoms with van der Waals surface area (Å²) in [5, 5.41) is 0.447. The largest absolute Gasteiger partial charge is 0.459 e. The van der Waals surface area contributed by atoms with Gasteiger partial charge in [-0.05, 0) is 33.3 Å². The summed E-state index contributed by atoms with van der Waals surface area (Å²) >= 11 is 1.43. The molecule has 24 heavy (non-hydrogen) atoms. The Morgan fingerprint density at radius 2 is 1.96 bits per heavy atom. The van der Waals surface area contributed by atoms with Gasteiger partial charge in [-0.3, -0.25) is 9.69 Å². The number of fused-ring (bicyclic) bond motifs is 1. The van der Waals surface area contributed by atoms with Crippen LogP contribution in [0, 0.1) is 0 Å². The summed E-state index contributed by atoms with van der Waals surface area (Å²) in [6.45, 7) is 7.27. The second kappa shape index (κ2) is 6.43. The van der Waals surface area contributed by atoms with Crippen molar-refractivity contribution in [1.82, 2.24) is 4.90 Å². The molecular formula is C18H20N2O3S. The molecule has 1 aromatic rings. The van der Waals surface area contributed by atoms with Gasteiger partial charge in [0.1, 0.15) is 0 Å². The zero-order valence-electron chi connectivity index (χ0n) is 14.1. The first kappa shape index (κ1) is 16.8. The van der Waals surface area contributed by atoms with Gasteiger partial charge in [0, 0.05) is 0 Å². The molecule has 0 N–H and O–H groups in total. The SMILES string of the molecule is CC1=C(C(=O)OC(C)C)[C@H](c2ccccc2)N2C(=O)[C@H](C)SC2=N1. The van der Waals surface area contributed by atoms with E-state index in [0.717, 1.165) is 5.56 Å². The van der Waals surface area contributed by atoms with Crippen LogP contribution in [0.3, 0.4) is 0 Å². The first-order chi connectivity index (χ1) is 11.4. The van der Waals surface area contributed by atoms with Crippen LogP contribution in [0.5, 0.6) is 0 Å². The number of amidine groups is 1. The van der Waals surface area contributed by atoms with Gasteiger partial charge in [-0.2, -0.15) is 0 Å². The summed E-state index contributed by atoms with van der Waals surface area (Å²) in [4.78, 5) is 31.5. The number of carbonyl (C=O) groups is 2. The van der Waals surface area contributed by atoms with E-state index in [0.29, 0.717) is 16.4 Å². The van der Waals surface area contributed by atoms with Gasteiger partial charge in [0.2, 0.25) is 5.91 Å². The fraction of sp³-hybridized carbons (Fsp3) is 0.389. The summed E-state index contributed by atoms with van der Waals surface area (Å²) < 4.78 is 5.41. The second-order valence-corrected chi connectivity index (χ2v) is 7.44. The zero-order valence-corrected chi connectivity index (χ0v) is 15.0. The van der Waals surface area contributed by atoms with Crippen molar-refractivity contribution in [2.24, 2.45) is 4.99 Å². The van der Waals surface area contributed by atoms with Crippen LogP contribution >= 0.6 is 11.8 Å². The number of aliphatic imine (C=N–C) groups is 1. The Hall–Kier alpha value is -2.08. The molecule has 2 aliphatic rings. The average Bonchev–Trinajstić information content (AvgIpc) is 2.80. The van der Waals surface area contributed by atoms with Gasteiger partial charge in [0.25, 0.3) is 0 Å². The van der Waals surface area contributed by atoms with E-state index in [2.05, 4.69) is 4.99 Å². The fourth-order valence-electron chi connectivity index (χ4n) is 2.89. The maximum atomic E-state index is 12.7. The Labute approximate surface area is 145 Å². The fourth-order valence-corrected chi connectivity index (χ4v) is 3.92. The summed E-state index contributed by atoms with van der Waals surface area (Å²) in [5.41, 5.74) is 1.92. The Morgan fingerprint density at radius 1 is 1.29 bits per heavy atom. The minimum atomic E-state index is -0.491. The normalized spacial score (nSPS) is 23.5. The third kappa shape index (κ3) is 2.86. The van der Waals surface area contributed by atoms with Crippen molar-refractivity contribution in [2.75, 3.05) is 0 Å². The quantitative estimate of drug-likeness (QED) is 0.790. The summed E-state index contributed by atoms with van der Waals surface area (Å²) in [6, 6.07) is 9.06. The van der Waals surface area contributed by atoms with Crippen molar-refractivity contribution in [2.45, 2.75) is 45.1 Å². The minimum absolute atomic E-state index is 0.0325. The highest BCUT2D eigenvalue weighted by Crippen LogP contribution is 2.43. The number of carbonyl (C=O) groups excluding carboxylic acids is 2. The van der Waals surface area contributed by atoms with Gasteiger partial charge in [-0.15, -0.1) is 0 Å². The molecule has 0 aliphatic carbocycles. The molecule has 5 nitrogen and oxygen atoms in total. The Bertz CT molecular complexity index is 740. The number of ether oxygens (including phenoxy) is 1. The Kier molecular flexibility index (Phi) is 4.49. The van der Waals surface area contributed by atoms with Gasteiger partial charge >= 0.3 is 5.97 Å². The zero-order chi connectivity index (χ0) is 17.4. The van der Waals surface area contributed by atoms with Crippen LogP contribution in [-0.4, -0.2) is 33.3 Å². The van der Waals surface area contributed by atoms with Crippen molar-refractivity contribution in [3.8, 4) is 0 Å². The van der Waals surface area contributed by atoms with E-state index >= 15 is 0 Å². The molecule has 126 valence electrons. The number of hydrogen-bond acceptors (Lipinski definition) is 5. The summed E-state index contributed by atoms with van der Waals surface area (Å²) in [7, 11) is 0. The minimum Gasteiger partial charge on any atom is -0.459 e. The molecule has 1 aromatic carbocycles. The molecule has 0 saturated carbocycles. The van der Waals surface area contributed by atoms with E-state index in [-0.39, 0.29) is 17.3 Å². The van der Waals surface area contributed by atoms with Crippen LogP contribution in [0.2, 0.25) is 0 Å². The third-order valence-corrected chi connectivity index (χ3v) is 4.99. The van der Waals surface area contributed by atoms with Crippen LogP contribution in [0.15, 0.2) is 46.6 Å². The van der Waals surface area contributed by atoms with E-state index in [1.807, 2.05) is 51.1 Å². The summed E-state index contributed by atoms with van der Waals surface area (Å²) in [6.07, 6.45) is -0.234. The van der Waals surface area contributed by atoms with E-state index in [1.54, 1.807) is 11.8 Å². The van der Waals surface area contributed by atoms with Crippen molar-refractivity contribution >= 4 is 28.8 Å². The van der Waals surface area contributed by atoms with Crippen molar-refractivity contribution < 1.29 is 14.3 Å². The molecule has 3 rings (SSSR count). The monoisotopic (exact) mass is 344 g/mol. The first-order valence-corrected chi connectivity index (χ1v) is 8.83. The topological polar surface area (TPSA) is 59.0 Å².